The molecule has 5 rings (SSSR count). The van der Waals surface area contributed by atoms with Crippen LogP contribution in [0.5, 0.6) is 17.2 Å². The molecule has 0 bridgehead atoms. The molecule has 0 aromatic heterocycles. The number of carbonyl (C=O) groups is 2. The van der Waals surface area contributed by atoms with Gasteiger partial charge in [0.1, 0.15) is 24.0 Å². The third kappa shape index (κ3) is 3.93. The van der Waals surface area contributed by atoms with Crippen LogP contribution in [-0.4, -0.2) is 48.1 Å². The molecule has 0 aliphatic carbocycles. The summed E-state index contributed by atoms with van der Waals surface area (Å²) >= 11 is 0. The second-order valence-electron chi connectivity index (χ2n) is 9.26. The molecule has 0 saturated carbocycles. The number of rotatable bonds is 4. The average molecular weight is 472 g/mol. The van der Waals surface area contributed by atoms with Crippen molar-refractivity contribution in [3.63, 3.8) is 0 Å². The number of aryl methyl sites for hydroxylation is 2. The van der Waals surface area contributed by atoms with E-state index in [4.69, 9.17) is 14.2 Å². The fraction of sp³-hybridized carbons (Fsp3) is 0.440. The van der Waals surface area contributed by atoms with E-state index in [1.807, 2.05) is 0 Å². The minimum Gasteiger partial charge on any atom is -0.490 e. The van der Waals surface area contributed by atoms with E-state index in [1.54, 1.807) is 25.7 Å². The van der Waals surface area contributed by atoms with Crippen LogP contribution < -0.4 is 19.5 Å². The van der Waals surface area contributed by atoms with Crippen molar-refractivity contribution >= 4 is 17.5 Å². The van der Waals surface area contributed by atoms with Gasteiger partial charge in [0.15, 0.2) is 23.1 Å². The minimum atomic E-state index is -0.590. The van der Waals surface area contributed by atoms with Crippen LogP contribution in [0.1, 0.15) is 48.2 Å². The molecule has 2 amide bonds. The Kier molecular flexibility index (Phi) is 5.58. The van der Waals surface area contributed by atoms with Crippen LogP contribution in [0.25, 0.3) is 0 Å². The van der Waals surface area contributed by atoms with Crippen molar-refractivity contribution in [2.45, 2.75) is 58.3 Å². The Labute approximate surface area is 196 Å². The zero-order chi connectivity index (χ0) is 24.1. The molecule has 2 aromatic carbocycles. The number of carbonyl (C=O) groups excluding carboxylic acids is 2. The fourth-order valence-corrected chi connectivity index (χ4v) is 4.74. The highest BCUT2D eigenvalue weighted by Crippen LogP contribution is 2.40. The van der Waals surface area contributed by atoms with E-state index in [2.05, 4.69) is 5.32 Å². The van der Waals surface area contributed by atoms with Gasteiger partial charge in [0.05, 0.1) is 18.7 Å². The first-order chi connectivity index (χ1) is 16.2. The smallest absolute Gasteiger partial charge is 0.262 e. The highest BCUT2D eigenvalue weighted by Gasteiger charge is 2.42. The first-order valence-corrected chi connectivity index (χ1v) is 11.4. The zero-order valence-corrected chi connectivity index (χ0v) is 19.2. The van der Waals surface area contributed by atoms with Gasteiger partial charge in [-0.15, -0.1) is 0 Å². The summed E-state index contributed by atoms with van der Waals surface area (Å²) < 4.78 is 47.1. The van der Waals surface area contributed by atoms with E-state index < -0.39 is 23.6 Å². The minimum absolute atomic E-state index is 0.0166. The maximum atomic E-state index is 14.9. The Bertz CT molecular complexity index is 1180. The molecule has 34 heavy (non-hydrogen) atoms. The van der Waals surface area contributed by atoms with Crippen LogP contribution in [0.3, 0.4) is 0 Å². The van der Waals surface area contributed by atoms with Crippen LogP contribution in [0, 0.1) is 18.6 Å². The Hall–Kier alpha value is -3.36. The van der Waals surface area contributed by atoms with Gasteiger partial charge in [-0.05, 0) is 50.5 Å². The maximum absolute atomic E-state index is 14.9. The molecule has 3 heterocycles. The number of hydrogen-bond acceptors (Lipinski definition) is 5. The van der Waals surface area contributed by atoms with Gasteiger partial charge in [0, 0.05) is 24.6 Å². The van der Waals surface area contributed by atoms with Crippen LogP contribution in [-0.2, 0) is 11.2 Å². The predicted octanol–water partition coefficient (Wildman–Crippen LogP) is 4.00. The average Bonchev–Trinajstić information content (AvgIpc) is 3.13. The van der Waals surface area contributed by atoms with Gasteiger partial charge in [-0.3, -0.25) is 9.59 Å². The predicted molar refractivity (Wildman–Crippen MR) is 120 cm³/mol. The number of benzene rings is 2. The lowest BCUT2D eigenvalue weighted by Crippen LogP contribution is -2.37. The molecule has 0 radical (unpaired) electrons. The number of fused-ring (bicyclic) bond motifs is 3. The summed E-state index contributed by atoms with van der Waals surface area (Å²) in [6.07, 6.45) is 0.382. The van der Waals surface area contributed by atoms with Gasteiger partial charge in [0.2, 0.25) is 5.91 Å². The molecule has 7 nitrogen and oxygen atoms in total. The van der Waals surface area contributed by atoms with E-state index in [-0.39, 0.29) is 48.3 Å². The lowest BCUT2D eigenvalue weighted by atomic mass is 10.0. The lowest BCUT2D eigenvalue weighted by molar-refractivity contribution is -0.116. The SMILES string of the molecule is Cc1cc2c(c(OC(C)C)c1F)C(=O)N1C[C@@H](Oc3cc4c(cc3F)CCC(=O)N4)C[C@@H]1CO2. The van der Waals surface area contributed by atoms with E-state index in [9.17, 15) is 18.4 Å². The summed E-state index contributed by atoms with van der Waals surface area (Å²) in [5.74, 6) is -1.44. The second kappa shape index (κ2) is 8.45. The summed E-state index contributed by atoms with van der Waals surface area (Å²) in [6.45, 7) is 5.50. The second-order valence-corrected chi connectivity index (χ2v) is 9.26. The van der Waals surface area contributed by atoms with Crippen molar-refractivity contribution in [3.05, 3.63) is 46.5 Å². The molecule has 2 atom stereocenters. The van der Waals surface area contributed by atoms with Gasteiger partial charge >= 0.3 is 0 Å². The van der Waals surface area contributed by atoms with Crippen LogP contribution in [0.2, 0.25) is 0 Å². The number of nitrogens with one attached hydrogen (secondary N) is 1. The van der Waals surface area contributed by atoms with Crippen LogP contribution in [0.15, 0.2) is 18.2 Å². The largest absolute Gasteiger partial charge is 0.490 e. The van der Waals surface area contributed by atoms with Gasteiger partial charge in [0.25, 0.3) is 5.91 Å². The highest BCUT2D eigenvalue weighted by atomic mass is 19.1. The number of hydrogen-bond donors (Lipinski definition) is 1. The molecule has 1 N–H and O–H groups in total. The van der Waals surface area contributed by atoms with E-state index in [1.165, 1.54) is 18.2 Å². The van der Waals surface area contributed by atoms with Crippen LogP contribution >= 0.6 is 0 Å². The van der Waals surface area contributed by atoms with E-state index in [0.29, 0.717) is 36.3 Å². The Morgan fingerprint density at radius 2 is 1.97 bits per heavy atom. The van der Waals surface area contributed by atoms with Crippen LogP contribution in [0.4, 0.5) is 14.5 Å². The van der Waals surface area contributed by atoms with Crippen molar-refractivity contribution in [2.24, 2.45) is 0 Å². The summed E-state index contributed by atoms with van der Waals surface area (Å²) in [5.41, 5.74) is 1.65. The molecule has 1 saturated heterocycles. The first-order valence-electron chi connectivity index (χ1n) is 11.4. The Morgan fingerprint density at radius 1 is 1.18 bits per heavy atom. The molecule has 2 aromatic rings. The molecule has 1 fully saturated rings. The first kappa shape index (κ1) is 22.4. The maximum Gasteiger partial charge on any atom is 0.262 e. The van der Waals surface area contributed by atoms with Gasteiger partial charge in [-0.25, -0.2) is 8.78 Å². The van der Waals surface area contributed by atoms with Crippen molar-refractivity contribution in [1.29, 1.82) is 0 Å². The molecule has 0 unspecified atom stereocenters. The summed E-state index contributed by atoms with van der Waals surface area (Å²) in [4.78, 5) is 26.8. The Balaban J connectivity index is 1.40. The number of amides is 2. The molecular weight excluding hydrogens is 446 g/mol. The third-order valence-corrected chi connectivity index (χ3v) is 6.35. The van der Waals surface area contributed by atoms with Gasteiger partial charge in [-0.1, -0.05) is 0 Å². The molecule has 3 aliphatic rings. The third-order valence-electron chi connectivity index (χ3n) is 6.35. The standard InChI is InChI=1S/C25H26F2N2O5/c1-12(2)33-24-22-20(6-13(3)23(24)27)32-11-15-8-16(10-29(15)25(22)31)34-19-9-18-14(7-17(19)26)4-5-21(30)28-18/h6-7,9,12,15-16H,4-5,8,10-11H2,1-3H3,(H,28,30)/t15-,16+/m1/s1. The summed E-state index contributed by atoms with van der Waals surface area (Å²) in [7, 11) is 0. The van der Waals surface area contributed by atoms with E-state index >= 15 is 0 Å². The van der Waals surface area contributed by atoms with Crippen molar-refractivity contribution in [1.82, 2.24) is 4.90 Å². The Morgan fingerprint density at radius 3 is 2.74 bits per heavy atom. The molecule has 180 valence electrons. The van der Waals surface area contributed by atoms with E-state index in [0.717, 1.165) is 5.56 Å². The highest BCUT2D eigenvalue weighted by molar-refractivity contribution is 6.00. The molecule has 9 heteroatoms. The normalized spacial score (nSPS) is 21.3. The molecule has 0 spiro atoms. The van der Waals surface area contributed by atoms with Gasteiger partial charge in [-0.2, -0.15) is 0 Å². The summed E-state index contributed by atoms with van der Waals surface area (Å²) in [6, 6.07) is 4.07. The zero-order valence-electron chi connectivity index (χ0n) is 19.2. The number of ether oxygens (including phenoxy) is 3. The number of nitrogens with zero attached hydrogens (tertiary/aromatic N) is 1. The van der Waals surface area contributed by atoms with Crippen molar-refractivity contribution < 1.29 is 32.6 Å². The number of halogens is 2. The monoisotopic (exact) mass is 472 g/mol. The van der Waals surface area contributed by atoms with Crippen molar-refractivity contribution in [2.75, 3.05) is 18.5 Å². The molecular formula is C25H26F2N2O5. The number of anilines is 1. The molecule has 3 aliphatic heterocycles. The van der Waals surface area contributed by atoms with Gasteiger partial charge < -0.3 is 24.4 Å². The summed E-state index contributed by atoms with van der Waals surface area (Å²) in [5, 5.41) is 2.74. The lowest BCUT2D eigenvalue weighted by Gasteiger charge is -2.22. The topological polar surface area (TPSA) is 77.1 Å². The quantitative estimate of drug-likeness (QED) is 0.728. The fourth-order valence-electron chi connectivity index (χ4n) is 4.74. The van der Waals surface area contributed by atoms with Crippen molar-refractivity contribution in [3.8, 4) is 17.2 Å².